The van der Waals surface area contributed by atoms with Gasteiger partial charge in [0, 0.05) is 18.8 Å². The van der Waals surface area contributed by atoms with Crippen LogP contribution in [0.4, 0.5) is 5.69 Å². The second-order valence-electron chi connectivity index (χ2n) is 4.94. The van der Waals surface area contributed by atoms with Crippen molar-refractivity contribution in [3.05, 3.63) is 35.9 Å². The molecule has 0 unspecified atom stereocenters. The summed E-state index contributed by atoms with van der Waals surface area (Å²) >= 11 is 0. The van der Waals surface area contributed by atoms with Crippen molar-refractivity contribution in [1.29, 1.82) is 0 Å². The molecule has 0 fully saturated rings. The number of hydrogen-bond acceptors (Lipinski definition) is 1. The van der Waals surface area contributed by atoms with Crippen LogP contribution in [0, 0.1) is 6.92 Å². The maximum absolute atomic E-state index is 3.87. The molecule has 1 nitrogen and oxygen atoms in total. The second-order valence-corrected chi connectivity index (χ2v) is 4.94. The van der Waals surface area contributed by atoms with Crippen LogP contribution in [0.15, 0.2) is 24.8 Å². The molecule has 1 rings (SSSR count). The van der Waals surface area contributed by atoms with E-state index in [-0.39, 0.29) is 0 Å². The molecule has 1 aromatic rings. The van der Waals surface area contributed by atoms with Gasteiger partial charge in [0.15, 0.2) is 0 Å². The van der Waals surface area contributed by atoms with Gasteiger partial charge in [0.05, 0.1) is 0 Å². The molecule has 0 aromatic heterocycles. The van der Waals surface area contributed by atoms with Gasteiger partial charge >= 0.3 is 0 Å². The summed E-state index contributed by atoms with van der Waals surface area (Å²) in [6.07, 6.45) is 6.97. The van der Waals surface area contributed by atoms with Crippen LogP contribution in [-0.4, -0.2) is 13.1 Å². The average Bonchev–Trinajstić information content (AvgIpc) is 2.40. The van der Waals surface area contributed by atoms with Crippen molar-refractivity contribution in [2.45, 2.75) is 46.5 Å². The zero-order valence-electron chi connectivity index (χ0n) is 12.2. The first kappa shape index (κ1) is 14.8. The molecule has 0 N–H and O–H groups in total. The first-order valence-electron chi connectivity index (χ1n) is 7.21. The van der Waals surface area contributed by atoms with E-state index in [1.54, 1.807) is 0 Å². The Hall–Kier alpha value is -1.24. The van der Waals surface area contributed by atoms with Gasteiger partial charge in [-0.25, -0.2) is 0 Å². The lowest BCUT2D eigenvalue weighted by atomic mass is 10.1. The van der Waals surface area contributed by atoms with Crippen molar-refractivity contribution < 1.29 is 0 Å². The van der Waals surface area contributed by atoms with Gasteiger partial charge in [-0.05, 0) is 37.0 Å². The normalized spacial score (nSPS) is 10.4. The topological polar surface area (TPSA) is 3.24 Å². The van der Waals surface area contributed by atoms with Crippen molar-refractivity contribution in [3.63, 3.8) is 0 Å². The molecule has 0 amide bonds. The van der Waals surface area contributed by atoms with Crippen molar-refractivity contribution in [1.82, 2.24) is 0 Å². The molecule has 18 heavy (non-hydrogen) atoms. The van der Waals surface area contributed by atoms with Gasteiger partial charge in [-0.15, -0.1) is 0 Å². The Balaban J connectivity index is 2.90. The number of anilines is 1. The minimum atomic E-state index is 1.16. The van der Waals surface area contributed by atoms with E-state index >= 15 is 0 Å². The van der Waals surface area contributed by atoms with Crippen LogP contribution < -0.4 is 4.90 Å². The van der Waals surface area contributed by atoms with Crippen molar-refractivity contribution in [3.8, 4) is 0 Å². The van der Waals surface area contributed by atoms with Crippen LogP contribution in [0.1, 0.15) is 50.7 Å². The molecule has 0 atom stereocenters. The summed E-state index contributed by atoms with van der Waals surface area (Å²) in [5.41, 5.74) is 3.97. The fourth-order valence-corrected chi connectivity index (χ4v) is 2.14. The van der Waals surface area contributed by atoms with E-state index in [0.29, 0.717) is 0 Å². The molecule has 0 heterocycles. The minimum absolute atomic E-state index is 1.16. The Morgan fingerprint density at radius 1 is 1.11 bits per heavy atom. The zero-order chi connectivity index (χ0) is 13.4. The largest absolute Gasteiger partial charge is 0.371 e. The predicted molar refractivity (Wildman–Crippen MR) is 83.3 cm³/mol. The average molecular weight is 245 g/mol. The van der Waals surface area contributed by atoms with Gasteiger partial charge in [0.1, 0.15) is 0 Å². The molecule has 0 spiro atoms. The summed E-state index contributed by atoms with van der Waals surface area (Å²) in [7, 11) is 0. The molecule has 0 aliphatic carbocycles. The Labute approximate surface area is 113 Å². The highest BCUT2D eigenvalue weighted by molar-refractivity contribution is 5.61. The first-order chi connectivity index (χ1) is 8.72. The number of nitrogens with zero attached hydrogens (tertiary/aromatic N) is 1. The SMILES string of the molecule is C=Cc1ccc(C)c(N(CCCC)CCCC)c1. The summed E-state index contributed by atoms with van der Waals surface area (Å²) in [6.45, 7) is 12.9. The number of hydrogen-bond donors (Lipinski definition) is 0. The molecule has 0 saturated carbocycles. The predicted octanol–water partition coefficient (Wildman–Crippen LogP) is 5.04. The third kappa shape index (κ3) is 4.21. The molecule has 0 aliphatic rings. The summed E-state index contributed by atoms with van der Waals surface area (Å²) in [6, 6.07) is 6.62. The van der Waals surface area contributed by atoms with Crippen LogP contribution in [-0.2, 0) is 0 Å². The fraction of sp³-hybridized carbons (Fsp3) is 0.529. The van der Waals surface area contributed by atoms with E-state index in [4.69, 9.17) is 0 Å². The van der Waals surface area contributed by atoms with Gasteiger partial charge < -0.3 is 4.90 Å². The highest BCUT2D eigenvalue weighted by atomic mass is 15.1. The van der Waals surface area contributed by atoms with Crippen LogP contribution >= 0.6 is 0 Å². The molecular weight excluding hydrogens is 218 g/mol. The molecule has 100 valence electrons. The Bertz CT molecular complexity index is 360. The van der Waals surface area contributed by atoms with Crippen LogP contribution in [0.2, 0.25) is 0 Å². The van der Waals surface area contributed by atoms with E-state index in [1.807, 2.05) is 6.08 Å². The number of aryl methyl sites for hydroxylation is 1. The monoisotopic (exact) mass is 245 g/mol. The molecule has 1 aromatic carbocycles. The summed E-state index contributed by atoms with van der Waals surface area (Å²) in [5, 5.41) is 0. The summed E-state index contributed by atoms with van der Waals surface area (Å²) in [4.78, 5) is 2.54. The second kappa shape index (κ2) is 7.97. The van der Waals surface area contributed by atoms with E-state index < -0.39 is 0 Å². The van der Waals surface area contributed by atoms with Gasteiger partial charge in [-0.3, -0.25) is 0 Å². The third-order valence-electron chi connectivity index (χ3n) is 3.37. The third-order valence-corrected chi connectivity index (χ3v) is 3.37. The maximum Gasteiger partial charge on any atom is 0.0401 e. The smallest absolute Gasteiger partial charge is 0.0401 e. The van der Waals surface area contributed by atoms with Crippen molar-refractivity contribution in [2.24, 2.45) is 0 Å². The highest BCUT2D eigenvalue weighted by Gasteiger charge is 2.08. The number of unbranched alkanes of at least 4 members (excludes halogenated alkanes) is 2. The summed E-state index contributed by atoms with van der Waals surface area (Å²) in [5.74, 6) is 0. The fourth-order valence-electron chi connectivity index (χ4n) is 2.14. The lowest BCUT2D eigenvalue weighted by Gasteiger charge is -2.26. The molecule has 0 aliphatic heterocycles. The molecular formula is C17H27N. The zero-order valence-corrected chi connectivity index (χ0v) is 12.2. The first-order valence-corrected chi connectivity index (χ1v) is 7.21. The van der Waals surface area contributed by atoms with Crippen molar-refractivity contribution >= 4 is 11.8 Å². The van der Waals surface area contributed by atoms with Crippen molar-refractivity contribution in [2.75, 3.05) is 18.0 Å². The van der Waals surface area contributed by atoms with Crippen LogP contribution in [0.5, 0.6) is 0 Å². The lowest BCUT2D eigenvalue weighted by Crippen LogP contribution is -2.26. The van der Waals surface area contributed by atoms with E-state index in [0.717, 1.165) is 13.1 Å². The van der Waals surface area contributed by atoms with Gasteiger partial charge in [-0.2, -0.15) is 0 Å². The molecule has 0 radical (unpaired) electrons. The summed E-state index contributed by atoms with van der Waals surface area (Å²) < 4.78 is 0. The quantitative estimate of drug-likeness (QED) is 0.620. The van der Waals surface area contributed by atoms with E-state index in [9.17, 15) is 0 Å². The van der Waals surface area contributed by atoms with E-state index in [1.165, 1.54) is 42.5 Å². The lowest BCUT2D eigenvalue weighted by molar-refractivity contribution is 0.676. The highest BCUT2D eigenvalue weighted by Crippen LogP contribution is 2.23. The van der Waals surface area contributed by atoms with Gasteiger partial charge in [0.2, 0.25) is 0 Å². The van der Waals surface area contributed by atoms with Crippen LogP contribution in [0.3, 0.4) is 0 Å². The Morgan fingerprint density at radius 2 is 1.72 bits per heavy atom. The Morgan fingerprint density at radius 3 is 2.22 bits per heavy atom. The maximum atomic E-state index is 3.87. The number of benzene rings is 1. The molecule has 0 saturated heterocycles. The standard InChI is InChI=1S/C17H27N/c1-5-8-12-18(13-9-6-2)17-14-16(7-3)11-10-15(17)4/h7,10-11,14H,3,5-6,8-9,12-13H2,1-2,4H3. The van der Waals surface area contributed by atoms with Gasteiger partial charge in [0.25, 0.3) is 0 Å². The number of rotatable bonds is 8. The molecule has 0 bridgehead atoms. The minimum Gasteiger partial charge on any atom is -0.371 e. The molecule has 1 heteroatoms. The Kier molecular flexibility index (Phi) is 6.56. The van der Waals surface area contributed by atoms with E-state index in [2.05, 4.69) is 50.4 Å². The van der Waals surface area contributed by atoms with Crippen LogP contribution in [0.25, 0.3) is 6.08 Å². The van der Waals surface area contributed by atoms with Gasteiger partial charge in [-0.1, -0.05) is 51.5 Å².